The second-order valence-corrected chi connectivity index (χ2v) is 10.00. The number of hydrogen-bond donors (Lipinski definition) is 5. The highest BCUT2D eigenvalue weighted by molar-refractivity contribution is 7.90. The van der Waals surface area contributed by atoms with E-state index in [9.17, 15) is 58.7 Å². The van der Waals surface area contributed by atoms with Gasteiger partial charge in [-0.3, -0.25) is 23.2 Å². The zero-order chi connectivity index (χ0) is 23.0. The lowest BCUT2D eigenvalue weighted by Crippen LogP contribution is -2.27. The molecule has 0 saturated heterocycles. The van der Waals surface area contributed by atoms with Crippen molar-refractivity contribution in [3.63, 3.8) is 0 Å². The standard InChI is InChI=1S/C14H8O13S3/c15-5-1-2-6(16)10-9(5)11(17)4-3-7(28(19,20)21)13(29(22,23)24)14(30(25,26)27)8(4)12(10)18/h1-3,15-16H,(H,19,20,21)(H,22,23,24)(H,25,26,27). The lowest BCUT2D eigenvalue weighted by molar-refractivity contribution is 0.0970. The maximum atomic E-state index is 12.8. The summed E-state index contributed by atoms with van der Waals surface area (Å²) < 4.78 is 98.7. The second-order valence-electron chi connectivity index (χ2n) is 5.89. The monoisotopic (exact) mass is 480 g/mol. The Balaban J connectivity index is 2.72. The molecule has 0 aromatic heterocycles. The van der Waals surface area contributed by atoms with Gasteiger partial charge in [-0.25, -0.2) is 0 Å². The third-order valence-corrected chi connectivity index (χ3v) is 7.08. The molecule has 3 rings (SSSR count). The van der Waals surface area contributed by atoms with Crippen LogP contribution in [-0.4, -0.2) is 60.7 Å². The van der Waals surface area contributed by atoms with E-state index in [1.165, 1.54) is 0 Å². The molecule has 1 aliphatic carbocycles. The molecular weight excluding hydrogens is 472 g/mol. The van der Waals surface area contributed by atoms with Gasteiger partial charge in [0, 0.05) is 5.56 Å². The second kappa shape index (κ2) is 6.30. The van der Waals surface area contributed by atoms with Crippen molar-refractivity contribution < 1.29 is 58.7 Å². The van der Waals surface area contributed by atoms with Gasteiger partial charge in [0.1, 0.15) is 26.2 Å². The Kier molecular flexibility index (Phi) is 4.58. The summed E-state index contributed by atoms with van der Waals surface area (Å²) in [6, 6.07) is 1.60. The Labute approximate surface area is 167 Å². The minimum absolute atomic E-state index is 0.0785. The summed E-state index contributed by atoms with van der Waals surface area (Å²) in [6.45, 7) is 0. The van der Waals surface area contributed by atoms with Gasteiger partial charge in [0.05, 0.1) is 16.7 Å². The van der Waals surface area contributed by atoms with Crippen LogP contribution in [0.15, 0.2) is 32.9 Å². The Morgan fingerprint density at radius 2 is 1.03 bits per heavy atom. The average Bonchev–Trinajstić information content (AvgIpc) is 2.57. The van der Waals surface area contributed by atoms with E-state index < -0.39 is 90.4 Å². The van der Waals surface area contributed by atoms with Gasteiger partial charge in [-0.15, -0.1) is 0 Å². The number of aromatic hydroxyl groups is 2. The zero-order valence-corrected chi connectivity index (χ0v) is 16.4. The van der Waals surface area contributed by atoms with E-state index >= 15 is 0 Å². The van der Waals surface area contributed by atoms with Gasteiger partial charge >= 0.3 is 0 Å². The van der Waals surface area contributed by atoms with Gasteiger partial charge in [0.25, 0.3) is 30.4 Å². The van der Waals surface area contributed by atoms with Gasteiger partial charge < -0.3 is 10.2 Å². The highest BCUT2D eigenvalue weighted by Gasteiger charge is 2.44. The highest BCUT2D eigenvalue weighted by atomic mass is 32.2. The van der Waals surface area contributed by atoms with Crippen LogP contribution in [0.5, 0.6) is 11.5 Å². The van der Waals surface area contributed by atoms with Crippen molar-refractivity contribution in [2.24, 2.45) is 0 Å². The topological polar surface area (TPSA) is 238 Å². The molecular formula is C14H8O13S3. The fraction of sp³-hybridized carbons (Fsp3) is 0. The lowest BCUT2D eigenvalue weighted by atomic mass is 9.83. The van der Waals surface area contributed by atoms with Crippen LogP contribution in [0.3, 0.4) is 0 Å². The molecule has 0 aliphatic heterocycles. The van der Waals surface area contributed by atoms with Gasteiger partial charge in [0.15, 0.2) is 11.6 Å². The van der Waals surface area contributed by atoms with Crippen LogP contribution < -0.4 is 0 Å². The molecule has 0 bridgehead atoms. The SMILES string of the molecule is O=C1c2cc(S(=O)(=O)O)c(S(=O)(=O)O)c(S(=O)(=O)O)c2C(=O)c2c(O)ccc(O)c21. The Morgan fingerprint density at radius 1 is 0.600 bits per heavy atom. The average molecular weight is 480 g/mol. The van der Waals surface area contributed by atoms with Crippen LogP contribution in [-0.2, 0) is 30.4 Å². The van der Waals surface area contributed by atoms with Crippen molar-refractivity contribution >= 4 is 41.9 Å². The van der Waals surface area contributed by atoms with Crippen LogP contribution in [0.2, 0.25) is 0 Å². The van der Waals surface area contributed by atoms with E-state index in [1.54, 1.807) is 0 Å². The lowest BCUT2D eigenvalue weighted by Gasteiger charge is -2.23. The van der Waals surface area contributed by atoms with E-state index in [-0.39, 0.29) is 6.07 Å². The van der Waals surface area contributed by atoms with Crippen LogP contribution in [0.4, 0.5) is 0 Å². The Morgan fingerprint density at radius 3 is 1.43 bits per heavy atom. The third-order valence-electron chi connectivity index (χ3n) is 4.08. The molecule has 160 valence electrons. The third kappa shape index (κ3) is 3.15. The number of phenols is 2. The molecule has 16 heteroatoms. The maximum absolute atomic E-state index is 12.8. The molecule has 1 aliphatic rings. The predicted octanol–water partition coefficient (Wildman–Crippen LogP) is -0.387. The van der Waals surface area contributed by atoms with E-state index in [0.717, 1.165) is 12.1 Å². The largest absolute Gasteiger partial charge is 0.507 e. The maximum Gasteiger partial charge on any atom is 0.297 e. The zero-order valence-electron chi connectivity index (χ0n) is 14.0. The Hall–Kier alpha value is -2.89. The highest BCUT2D eigenvalue weighted by Crippen LogP contribution is 2.43. The van der Waals surface area contributed by atoms with E-state index in [0.29, 0.717) is 0 Å². The molecule has 13 nitrogen and oxygen atoms in total. The van der Waals surface area contributed by atoms with Crippen molar-refractivity contribution in [2.75, 3.05) is 0 Å². The summed E-state index contributed by atoms with van der Waals surface area (Å²) in [5, 5.41) is 19.8. The molecule has 30 heavy (non-hydrogen) atoms. The smallest absolute Gasteiger partial charge is 0.297 e. The number of hydrogen-bond acceptors (Lipinski definition) is 10. The molecule has 0 amide bonds. The van der Waals surface area contributed by atoms with Crippen LogP contribution in [0.1, 0.15) is 31.8 Å². The number of ketones is 2. The van der Waals surface area contributed by atoms with Gasteiger partial charge in [0.2, 0.25) is 0 Å². The molecule has 0 atom stereocenters. The van der Waals surface area contributed by atoms with Crippen LogP contribution in [0.25, 0.3) is 0 Å². The number of carbonyl (C=O) groups is 2. The molecule has 2 aromatic rings. The molecule has 0 saturated carbocycles. The van der Waals surface area contributed by atoms with Crippen molar-refractivity contribution in [3.05, 3.63) is 40.5 Å². The minimum atomic E-state index is -5.85. The summed E-state index contributed by atoms with van der Waals surface area (Å²) in [7, 11) is -17.4. The van der Waals surface area contributed by atoms with E-state index in [4.69, 9.17) is 0 Å². The van der Waals surface area contributed by atoms with E-state index in [2.05, 4.69) is 0 Å². The molecule has 0 heterocycles. The first-order chi connectivity index (χ1) is 13.5. The fourth-order valence-electron chi connectivity index (χ4n) is 3.00. The molecule has 0 spiro atoms. The van der Waals surface area contributed by atoms with Crippen LogP contribution in [0, 0.1) is 0 Å². The number of fused-ring (bicyclic) bond motifs is 2. The number of carbonyl (C=O) groups excluding carboxylic acids is 2. The van der Waals surface area contributed by atoms with Gasteiger partial charge in [-0.1, -0.05) is 0 Å². The first-order valence-electron chi connectivity index (χ1n) is 7.25. The van der Waals surface area contributed by atoms with Crippen molar-refractivity contribution in [3.8, 4) is 11.5 Å². The van der Waals surface area contributed by atoms with Crippen LogP contribution >= 0.6 is 0 Å². The van der Waals surface area contributed by atoms with Crippen molar-refractivity contribution in [1.82, 2.24) is 0 Å². The summed E-state index contributed by atoms with van der Waals surface area (Å²) in [4.78, 5) is 19.7. The summed E-state index contributed by atoms with van der Waals surface area (Å²) in [6.07, 6.45) is 0. The van der Waals surface area contributed by atoms with Gasteiger partial charge in [-0.2, -0.15) is 25.3 Å². The molecule has 5 N–H and O–H groups in total. The molecule has 2 aromatic carbocycles. The van der Waals surface area contributed by atoms with Gasteiger partial charge in [-0.05, 0) is 18.2 Å². The quantitative estimate of drug-likeness (QED) is 0.237. The predicted molar refractivity (Wildman–Crippen MR) is 92.5 cm³/mol. The summed E-state index contributed by atoms with van der Waals surface area (Å²) in [5.74, 6) is -4.88. The molecule has 0 unspecified atom stereocenters. The molecule has 0 radical (unpaired) electrons. The fourth-order valence-corrected chi connectivity index (χ4v) is 6.39. The summed E-state index contributed by atoms with van der Waals surface area (Å²) in [5.41, 5.74) is -4.41. The minimum Gasteiger partial charge on any atom is -0.507 e. The number of benzene rings is 2. The Bertz CT molecular complexity index is 1500. The number of rotatable bonds is 3. The van der Waals surface area contributed by atoms with Crippen molar-refractivity contribution in [1.29, 1.82) is 0 Å². The van der Waals surface area contributed by atoms with E-state index in [1.807, 2.05) is 0 Å². The molecule has 0 fully saturated rings. The summed E-state index contributed by atoms with van der Waals surface area (Å²) >= 11 is 0. The first-order valence-corrected chi connectivity index (χ1v) is 11.6. The normalized spacial score (nSPS) is 14.4. The van der Waals surface area contributed by atoms with Crippen molar-refractivity contribution in [2.45, 2.75) is 14.7 Å². The first kappa shape index (κ1) is 21.8. The number of phenolic OH excluding ortho intramolecular Hbond substituents is 2.